The van der Waals surface area contributed by atoms with E-state index < -0.39 is 0 Å². The van der Waals surface area contributed by atoms with Crippen LogP contribution in [0.5, 0.6) is 0 Å². The second kappa shape index (κ2) is 9.73. The molecule has 0 saturated carbocycles. The first-order chi connectivity index (χ1) is 7.24. The van der Waals surface area contributed by atoms with Crippen LogP contribution in [0.1, 0.15) is 26.7 Å². The maximum absolute atomic E-state index is 8.39. The number of nitrogens with two attached hydrogens (primary N) is 1. The number of amidine groups is 1. The van der Waals surface area contributed by atoms with E-state index in [4.69, 9.17) is 15.7 Å². The Labute approximate surface area is 91.9 Å². The van der Waals surface area contributed by atoms with Gasteiger partial charge in [-0.25, -0.2) is 0 Å². The molecule has 0 rings (SSSR count). The lowest BCUT2D eigenvalue weighted by molar-refractivity contribution is 0.106. The monoisotopic (exact) mass is 217 g/mol. The number of likely N-dealkylation sites (N-methyl/N-ethyl adjacent to an activating group) is 1. The first-order valence-corrected chi connectivity index (χ1v) is 5.51. The van der Waals surface area contributed by atoms with E-state index in [1.807, 2.05) is 0 Å². The molecule has 15 heavy (non-hydrogen) atoms. The van der Waals surface area contributed by atoms with Crippen LogP contribution in [0.2, 0.25) is 0 Å². The summed E-state index contributed by atoms with van der Waals surface area (Å²) in [7, 11) is 0. The molecule has 0 spiro atoms. The first-order valence-electron chi connectivity index (χ1n) is 5.51. The average molecular weight is 217 g/mol. The van der Waals surface area contributed by atoms with Crippen molar-refractivity contribution in [3.8, 4) is 0 Å². The summed E-state index contributed by atoms with van der Waals surface area (Å²) < 4.78 is 5.40. The van der Waals surface area contributed by atoms with Crippen LogP contribution >= 0.6 is 0 Å². The van der Waals surface area contributed by atoms with Crippen LogP contribution in [-0.2, 0) is 4.74 Å². The summed E-state index contributed by atoms with van der Waals surface area (Å²) in [4.78, 5) is 2.22. The predicted molar refractivity (Wildman–Crippen MR) is 61.2 cm³/mol. The van der Waals surface area contributed by atoms with Crippen LogP contribution in [0.25, 0.3) is 0 Å². The molecule has 0 aliphatic heterocycles. The Balaban J connectivity index is 3.55. The Kier molecular flexibility index (Phi) is 9.21. The lowest BCUT2D eigenvalue weighted by Gasteiger charge is -2.19. The molecule has 0 bridgehead atoms. The van der Waals surface area contributed by atoms with Gasteiger partial charge >= 0.3 is 0 Å². The second-order valence-corrected chi connectivity index (χ2v) is 3.39. The van der Waals surface area contributed by atoms with Gasteiger partial charge in [0.05, 0.1) is 6.61 Å². The number of hydrogen-bond donors (Lipinski definition) is 2. The minimum Gasteiger partial charge on any atom is -0.409 e. The molecular formula is C10H23N3O2. The van der Waals surface area contributed by atoms with E-state index in [0.717, 1.165) is 39.3 Å². The SMILES string of the molecule is CCCOCCN(CC)CCC(N)=NO. The topological polar surface area (TPSA) is 71.1 Å². The van der Waals surface area contributed by atoms with E-state index in [1.165, 1.54) is 0 Å². The molecule has 90 valence electrons. The van der Waals surface area contributed by atoms with Crippen LogP contribution in [-0.4, -0.2) is 48.8 Å². The van der Waals surface area contributed by atoms with Gasteiger partial charge in [0.2, 0.25) is 0 Å². The summed E-state index contributed by atoms with van der Waals surface area (Å²) in [5.41, 5.74) is 5.39. The Bertz CT molecular complexity index is 174. The van der Waals surface area contributed by atoms with E-state index in [9.17, 15) is 0 Å². The third-order valence-electron chi connectivity index (χ3n) is 2.16. The van der Waals surface area contributed by atoms with Crippen LogP contribution in [0.4, 0.5) is 0 Å². The summed E-state index contributed by atoms with van der Waals surface area (Å²) in [6.07, 6.45) is 1.65. The van der Waals surface area contributed by atoms with E-state index >= 15 is 0 Å². The van der Waals surface area contributed by atoms with E-state index in [2.05, 4.69) is 23.9 Å². The van der Waals surface area contributed by atoms with Gasteiger partial charge in [0.1, 0.15) is 5.84 Å². The number of hydrogen-bond acceptors (Lipinski definition) is 4. The molecular weight excluding hydrogens is 194 g/mol. The summed E-state index contributed by atoms with van der Waals surface area (Å²) in [6, 6.07) is 0. The van der Waals surface area contributed by atoms with Crippen molar-refractivity contribution in [3.63, 3.8) is 0 Å². The van der Waals surface area contributed by atoms with E-state index in [0.29, 0.717) is 6.42 Å². The largest absolute Gasteiger partial charge is 0.409 e. The Morgan fingerprint density at radius 2 is 2.07 bits per heavy atom. The van der Waals surface area contributed by atoms with Gasteiger partial charge in [0, 0.05) is 26.1 Å². The summed E-state index contributed by atoms with van der Waals surface area (Å²) in [6.45, 7) is 8.41. The molecule has 3 N–H and O–H groups in total. The smallest absolute Gasteiger partial charge is 0.140 e. The molecule has 0 aromatic rings. The lowest BCUT2D eigenvalue weighted by Crippen LogP contribution is -2.31. The van der Waals surface area contributed by atoms with E-state index in [1.54, 1.807) is 0 Å². The molecule has 0 saturated heterocycles. The number of ether oxygens (including phenoxy) is 1. The fourth-order valence-electron chi connectivity index (χ4n) is 1.19. The van der Waals surface area contributed by atoms with Crippen molar-refractivity contribution in [2.75, 3.05) is 32.8 Å². The summed E-state index contributed by atoms with van der Waals surface area (Å²) in [5.74, 6) is 0.280. The fourth-order valence-corrected chi connectivity index (χ4v) is 1.19. The number of rotatable bonds is 9. The highest BCUT2D eigenvalue weighted by Gasteiger charge is 2.03. The van der Waals surface area contributed by atoms with Gasteiger partial charge in [0.15, 0.2) is 0 Å². The minimum atomic E-state index is 0.280. The van der Waals surface area contributed by atoms with Crippen molar-refractivity contribution >= 4 is 5.84 Å². The van der Waals surface area contributed by atoms with E-state index in [-0.39, 0.29) is 5.84 Å². The molecule has 5 nitrogen and oxygen atoms in total. The molecule has 0 atom stereocenters. The molecule has 0 aromatic heterocycles. The molecule has 0 aliphatic rings. The molecule has 0 radical (unpaired) electrons. The van der Waals surface area contributed by atoms with Crippen LogP contribution in [0.15, 0.2) is 5.16 Å². The number of nitrogens with zero attached hydrogens (tertiary/aromatic N) is 2. The highest BCUT2D eigenvalue weighted by Crippen LogP contribution is 1.92. The third-order valence-corrected chi connectivity index (χ3v) is 2.16. The standard InChI is InChI=1S/C10H23N3O2/c1-3-8-15-9-7-13(4-2)6-5-10(11)12-14/h14H,3-9H2,1-2H3,(H2,11,12). The zero-order valence-electron chi connectivity index (χ0n) is 9.78. The highest BCUT2D eigenvalue weighted by atomic mass is 16.5. The van der Waals surface area contributed by atoms with Gasteiger partial charge in [-0.05, 0) is 13.0 Å². The second-order valence-electron chi connectivity index (χ2n) is 3.39. The van der Waals surface area contributed by atoms with Crippen molar-refractivity contribution < 1.29 is 9.94 Å². The zero-order valence-corrected chi connectivity index (χ0v) is 9.78. The molecule has 0 fully saturated rings. The maximum Gasteiger partial charge on any atom is 0.140 e. The third kappa shape index (κ3) is 8.20. The molecule has 5 heteroatoms. The maximum atomic E-state index is 8.39. The Morgan fingerprint density at radius 3 is 2.60 bits per heavy atom. The molecule has 0 heterocycles. The molecule has 0 aromatic carbocycles. The average Bonchev–Trinajstić information content (AvgIpc) is 2.27. The van der Waals surface area contributed by atoms with Gasteiger partial charge < -0.3 is 20.6 Å². The van der Waals surface area contributed by atoms with Gasteiger partial charge in [-0.1, -0.05) is 19.0 Å². The van der Waals surface area contributed by atoms with Crippen molar-refractivity contribution in [2.45, 2.75) is 26.7 Å². The summed E-state index contributed by atoms with van der Waals surface area (Å²) in [5, 5.41) is 11.3. The van der Waals surface area contributed by atoms with Crippen molar-refractivity contribution in [1.29, 1.82) is 0 Å². The predicted octanol–water partition coefficient (Wildman–Crippen LogP) is 0.871. The minimum absolute atomic E-state index is 0.280. The van der Waals surface area contributed by atoms with Gasteiger partial charge in [-0.3, -0.25) is 0 Å². The van der Waals surface area contributed by atoms with Gasteiger partial charge in [-0.15, -0.1) is 0 Å². The van der Waals surface area contributed by atoms with Gasteiger partial charge in [0.25, 0.3) is 0 Å². The molecule has 0 amide bonds. The Morgan fingerprint density at radius 1 is 1.33 bits per heavy atom. The van der Waals surface area contributed by atoms with Crippen molar-refractivity contribution in [3.05, 3.63) is 0 Å². The highest BCUT2D eigenvalue weighted by molar-refractivity contribution is 5.79. The quantitative estimate of drug-likeness (QED) is 0.198. The first kappa shape index (κ1) is 14.2. The Hall–Kier alpha value is -0.810. The zero-order chi connectivity index (χ0) is 11.5. The molecule has 0 unspecified atom stereocenters. The normalized spacial score (nSPS) is 12.3. The van der Waals surface area contributed by atoms with Crippen molar-refractivity contribution in [2.24, 2.45) is 10.9 Å². The van der Waals surface area contributed by atoms with Crippen LogP contribution in [0, 0.1) is 0 Å². The summed E-state index contributed by atoms with van der Waals surface area (Å²) >= 11 is 0. The van der Waals surface area contributed by atoms with Crippen LogP contribution in [0.3, 0.4) is 0 Å². The fraction of sp³-hybridized carbons (Fsp3) is 0.900. The lowest BCUT2D eigenvalue weighted by atomic mass is 10.3. The molecule has 0 aliphatic carbocycles. The van der Waals surface area contributed by atoms with Gasteiger partial charge in [-0.2, -0.15) is 0 Å². The van der Waals surface area contributed by atoms with Crippen LogP contribution < -0.4 is 5.73 Å². The van der Waals surface area contributed by atoms with Crippen molar-refractivity contribution in [1.82, 2.24) is 4.90 Å². The number of oxime groups is 1.